The Morgan fingerprint density at radius 1 is 1.69 bits per heavy atom. The molecule has 2 atom stereocenters. The average Bonchev–Trinajstić information content (AvgIpc) is 2.26. The summed E-state index contributed by atoms with van der Waals surface area (Å²) in [6, 6.07) is 0.422. The fourth-order valence-electron chi connectivity index (χ4n) is 1.98. The fraction of sp³-hybridized carbons (Fsp3) is 0.909. The third kappa shape index (κ3) is 4.92. The molecule has 0 aromatic rings. The zero-order valence-electron chi connectivity index (χ0n) is 10.1. The molecule has 0 saturated carbocycles. The Kier molecular flexibility index (Phi) is 5.73. The molecular formula is C11H22N2O3. The standard InChI is InChI=1S/C11H22N2O3/c1-13-5-3-4-9(8-13)12-7-10(14)6-11(15)16-2/h9-10,12,14H,3-8H2,1-2H3. The van der Waals surface area contributed by atoms with Gasteiger partial charge in [-0.15, -0.1) is 0 Å². The SMILES string of the molecule is COC(=O)CC(O)CNC1CCCN(C)C1. The number of hydrogen-bond donors (Lipinski definition) is 2. The Balaban J connectivity index is 2.15. The molecule has 1 aliphatic rings. The molecule has 5 nitrogen and oxygen atoms in total. The smallest absolute Gasteiger partial charge is 0.308 e. The zero-order chi connectivity index (χ0) is 12.0. The lowest BCUT2D eigenvalue weighted by molar-refractivity contribution is -0.142. The predicted octanol–water partition coefficient (Wildman–Crippen LogP) is -0.406. The van der Waals surface area contributed by atoms with Crippen LogP contribution in [0.2, 0.25) is 0 Å². The van der Waals surface area contributed by atoms with Gasteiger partial charge in [0.15, 0.2) is 0 Å². The van der Waals surface area contributed by atoms with E-state index in [0.29, 0.717) is 12.6 Å². The topological polar surface area (TPSA) is 61.8 Å². The van der Waals surface area contributed by atoms with Crippen LogP contribution in [0.1, 0.15) is 19.3 Å². The highest BCUT2D eigenvalue weighted by molar-refractivity contribution is 5.69. The second-order valence-corrected chi connectivity index (χ2v) is 4.44. The van der Waals surface area contributed by atoms with Gasteiger partial charge in [0.2, 0.25) is 0 Å². The number of methoxy groups -OCH3 is 1. The summed E-state index contributed by atoms with van der Waals surface area (Å²) < 4.78 is 4.49. The summed E-state index contributed by atoms with van der Waals surface area (Å²) in [7, 11) is 3.43. The molecule has 1 saturated heterocycles. The van der Waals surface area contributed by atoms with E-state index in [1.807, 2.05) is 0 Å². The van der Waals surface area contributed by atoms with Crippen LogP contribution in [0.5, 0.6) is 0 Å². The van der Waals surface area contributed by atoms with Gasteiger partial charge in [0.1, 0.15) is 0 Å². The van der Waals surface area contributed by atoms with E-state index >= 15 is 0 Å². The molecule has 0 aromatic heterocycles. The Morgan fingerprint density at radius 2 is 2.44 bits per heavy atom. The van der Waals surface area contributed by atoms with Gasteiger partial charge in [-0.05, 0) is 26.4 Å². The number of likely N-dealkylation sites (N-methyl/N-ethyl adjacent to an activating group) is 1. The molecule has 1 rings (SSSR count). The molecule has 1 fully saturated rings. The van der Waals surface area contributed by atoms with Crippen molar-refractivity contribution in [3.63, 3.8) is 0 Å². The van der Waals surface area contributed by atoms with E-state index in [-0.39, 0.29) is 12.4 Å². The van der Waals surface area contributed by atoms with Crippen LogP contribution in [-0.2, 0) is 9.53 Å². The summed E-state index contributed by atoms with van der Waals surface area (Å²) in [5.74, 6) is -0.366. The molecule has 0 radical (unpaired) electrons. The summed E-state index contributed by atoms with van der Waals surface area (Å²) in [5.41, 5.74) is 0. The third-order valence-corrected chi connectivity index (χ3v) is 2.90. The maximum Gasteiger partial charge on any atom is 0.308 e. The number of ether oxygens (including phenoxy) is 1. The molecule has 2 N–H and O–H groups in total. The highest BCUT2D eigenvalue weighted by Gasteiger charge is 2.18. The molecule has 5 heteroatoms. The molecular weight excluding hydrogens is 208 g/mol. The largest absolute Gasteiger partial charge is 0.469 e. The lowest BCUT2D eigenvalue weighted by atomic mass is 10.1. The minimum absolute atomic E-state index is 0.0616. The summed E-state index contributed by atoms with van der Waals surface area (Å²) in [4.78, 5) is 13.2. The predicted molar refractivity (Wildman–Crippen MR) is 61.2 cm³/mol. The highest BCUT2D eigenvalue weighted by atomic mass is 16.5. The van der Waals surface area contributed by atoms with Crippen molar-refractivity contribution >= 4 is 5.97 Å². The van der Waals surface area contributed by atoms with Crippen molar-refractivity contribution in [2.75, 3.05) is 33.8 Å². The minimum Gasteiger partial charge on any atom is -0.469 e. The number of rotatable bonds is 5. The summed E-state index contributed by atoms with van der Waals surface area (Å²) in [6.07, 6.45) is 1.72. The van der Waals surface area contributed by atoms with Gasteiger partial charge < -0.3 is 20.1 Å². The van der Waals surface area contributed by atoms with Crippen molar-refractivity contribution in [3.8, 4) is 0 Å². The molecule has 94 valence electrons. The van der Waals surface area contributed by atoms with Gasteiger partial charge in [-0.3, -0.25) is 4.79 Å². The summed E-state index contributed by atoms with van der Waals surface area (Å²) in [6.45, 7) is 2.60. The molecule has 0 amide bonds. The maximum atomic E-state index is 10.9. The van der Waals surface area contributed by atoms with Gasteiger partial charge in [0.05, 0.1) is 19.6 Å². The second-order valence-electron chi connectivity index (χ2n) is 4.44. The molecule has 0 aliphatic carbocycles. The second kappa shape index (κ2) is 6.83. The van der Waals surface area contributed by atoms with Gasteiger partial charge in [-0.25, -0.2) is 0 Å². The maximum absolute atomic E-state index is 10.9. The van der Waals surface area contributed by atoms with Crippen molar-refractivity contribution in [1.82, 2.24) is 10.2 Å². The summed E-state index contributed by atoms with van der Waals surface area (Å²) >= 11 is 0. The first kappa shape index (κ1) is 13.4. The van der Waals surface area contributed by atoms with Crippen LogP contribution in [0.4, 0.5) is 0 Å². The molecule has 0 bridgehead atoms. The lowest BCUT2D eigenvalue weighted by Gasteiger charge is -2.30. The number of nitrogens with one attached hydrogen (secondary N) is 1. The summed E-state index contributed by atoms with van der Waals surface area (Å²) in [5, 5.41) is 12.9. The van der Waals surface area contributed by atoms with Crippen molar-refractivity contribution in [1.29, 1.82) is 0 Å². The number of carbonyl (C=O) groups is 1. The molecule has 1 aliphatic heterocycles. The first-order chi connectivity index (χ1) is 7.61. The number of piperidine rings is 1. The highest BCUT2D eigenvalue weighted by Crippen LogP contribution is 2.07. The Labute approximate surface area is 96.8 Å². The van der Waals surface area contributed by atoms with Crippen molar-refractivity contribution in [2.24, 2.45) is 0 Å². The monoisotopic (exact) mass is 230 g/mol. The number of carbonyl (C=O) groups excluding carboxylic acids is 1. The number of hydrogen-bond acceptors (Lipinski definition) is 5. The van der Waals surface area contributed by atoms with Crippen LogP contribution in [0.15, 0.2) is 0 Å². The van der Waals surface area contributed by atoms with Crippen molar-refractivity contribution < 1.29 is 14.6 Å². The van der Waals surface area contributed by atoms with Crippen LogP contribution in [0.25, 0.3) is 0 Å². The van der Waals surface area contributed by atoms with E-state index in [4.69, 9.17) is 0 Å². The average molecular weight is 230 g/mol. The Morgan fingerprint density at radius 3 is 3.06 bits per heavy atom. The van der Waals surface area contributed by atoms with E-state index in [1.54, 1.807) is 0 Å². The quantitative estimate of drug-likeness (QED) is 0.629. The number of likely N-dealkylation sites (tertiary alicyclic amines) is 1. The normalized spacial score (nSPS) is 24.1. The first-order valence-electron chi connectivity index (χ1n) is 5.78. The minimum atomic E-state index is -0.653. The molecule has 16 heavy (non-hydrogen) atoms. The van der Waals surface area contributed by atoms with Crippen LogP contribution >= 0.6 is 0 Å². The van der Waals surface area contributed by atoms with Crippen LogP contribution in [0.3, 0.4) is 0 Å². The van der Waals surface area contributed by atoms with Gasteiger partial charge in [0, 0.05) is 19.1 Å². The van der Waals surface area contributed by atoms with Gasteiger partial charge in [0.25, 0.3) is 0 Å². The third-order valence-electron chi connectivity index (χ3n) is 2.90. The van der Waals surface area contributed by atoms with Gasteiger partial charge in [-0.1, -0.05) is 0 Å². The first-order valence-corrected chi connectivity index (χ1v) is 5.78. The van der Waals surface area contributed by atoms with E-state index in [1.165, 1.54) is 13.5 Å². The number of aliphatic hydroxyl groups excluding tert-OH is 1. The fourth-order valence-corrected chi connectivity index (χ4v) is 1.98. The molecule has 0 aromatic carbocycles. The number of nitrogens with zero attached hydrogens (tertiary/aromatic N) is 1. The number of aliphatic hydroxyl groups is 1. The zero-order valence-corrected chi connectivity index (χ0v) is 10.1. The van der Waals surface area contributed by atoms with Crippen LogP contribution in [-0.4, -0.2) is 61.9 Å². The van der Waals surface area contributed by atoms with E-state index in [9.17, 15) is 9.90 Å². The van der Waals surface area contributed by atoms with Crippen molar-refractivity contribution in [2.45, 2.75) is 31.4 Å². The van der Waals surface area contributed by atoms with E-state index in [0.717, 1.165) is 19.5 Å². The van der Waals surface area contributed by atoms with E-state index in [2.05, 4.69) is 22.0 Å². The Hall–Kier alpha value is -0.650. The molecule has 0 spiro atoms. The van der Waals surface area contributed by atoms with E-state index < -0.39 is 6.10 Å². The van der Waals surface area contributed by atoms with Crippen LogP contribution < -0.4 is 5.32 Å². The van der Waals surface area contributed by atoms with Crippen LogP contribution in [0, 0.1) is 0 Å². The van der Waals surface area contributed by atoms with Gasteiger partial charge in [-0.2, -0.15) is 0 Å². The lowest BCUT2D eigenvalue weighted by Crippen LogP contribution is -2.46. The molecule has 2 unspecified atom stereocenters. The number of esters is 1. The van der Waals surface area contributed by atoms with Gasteiger partial charge >= 0.3 is 5.97 Å². The Bertz CT molecular complexity index is 223. The molecule has 1 heterocycles. The van der Waals surface area contributed by atoms with Crippen molar-refractivity contribution in [3.05, 3.63) is 0 Å².